The molecule has 1 aromatic heterocycles. The summed E-state index contributed by atoms with van der Waals surface area (Å²) < 4.78 is 0. The summed E-state index contributed by atoms with van der Waals surface area (Å²) in [6.45, 7) is 2.15. The molecule has 0 saturated carbocycles. The fraction of sp³-hybridized carbons (Fsp3) is 0.263. The highest BCUT2D eigenvalue weighted by Gasteiger charge is 2.15. The van der Waals surface area contributed by atoms with E-state index in [1.165, 1.54) is 4.80 Å². The first-order chi connectivity index (χ1) is 12.3. The van der Waals surface area contributed by atoms with Crippen LogP contribution in [0.3, 0.4) is 0 Å². The summed E-state index contributed by atoms with van der Waals surface area (Å²) in [6, 6.07) is 19.6. The van der Waals surface area contributed by atoms with Crippen LogP contribution in [0.4, 0.5) is 0 Å². The van der Waals surface area contributed by atoms with Gasteiger partial charge in [0.1, 0.15) is 6.54 Å². The summed E-state index contributed by atoms with van der Waals surface area (Å²) in [5.41, 5.74) is 1.98. The van der Waals surface area contributed by atoms with Crippen LogP contribution in [0.15, 0.2) is 60.7 Å². The maximum absolute atomic E-state index is 12.4. The molecule has 0 bridgehead atoms. The first-order valence-corrected chi connectivity index (χ1v) is 8.44. The number of aromatic nitrogens is 4. The van der Waals surface area contributed by atoms with Gasteiger partial charge in [-0.3, -0.25) is 4.79 Å². The number of carbonyl (C=O) groups is 1. The first-order valence-electron chi connectivity index (χ1n) is 8.44. The van der Waals surface area contributed by atoms with Crippen LogP contribution in [0, 0.1) is 0 Å². The molecule has 1 atom stereocenters. The molecule has 0 aliphatic carbocycles. The molecular formula is C19H21N5O. The Balaban J connectivity index is 1.65. The quantitative estimate of drug-likeness (QED) is 0.720. The zero-order valence-electron chi connectivity index (χ0n) is 14.2. The fourth-order valence-electron chi connectivity index (χ4n) is 2.68. The van der Waals surface area contributed by atoms with Gasteiger partial charge in [-0.2, -0.15) is 4.80 Å². The molecule has 6 nitrogen and oxygen atoms in total. The van der Waals surface area contributed by atoms with E-state index in [-0.39, 0.29) is 18.5 Å². The lowest BCUT2D eigenvalue weighted by atomic mass is 10.0. The zero-order valence-corrected chi connectivity index (χ0v) is 14.2. The maximum Gasteiger partial charge on any atom is 0.244 e. The Kier molecular flexibility index (Phi) is 5.51. The third kappa shape index (κ3) is 4.50. The van der Waals surface area contributed by atoms with Gasteiger partial charge in [-0.1, -0.05) is 74.0 Å². The normalized spacial score (nSPS) is 11.9. The van der Waals surface area contributed by atoms with Crippen LogP contribution in [-0.2, 0) is 11.3 Å². The lowest BCUT2D eigenvalue weighted by molar-refractivity contribution is -0.122. The van der Waals surface area contributed by atoms with Crippen molar-refractivity contribution in [3.63, 3.8) is 0 Å². The van der Waals surface area contributed by atoms with Gasteiger partial charge in [-0.25, -0.2) is 0 Å². The number of nitrogens with one attached hydrogen (secondary N) is 1. The predicted octanol–water partition coefficient (Wildman–Crippen LogP) is 3.00. The predicted molar refractivity (Wildman–Crippen MR) is 95.5 cm³/mol. The van der Waals surface area contributed by atoms with E-state index in [4.69, 9.17) is 0 Å². The monoisotopic (exact) mass is 335 g/mol. The highest BCUT2D eigenvalue weighted by atomic mass is 16.2. The number of amides is 1. The van der Waals surface area contributed by atoms with E-state index in [2.05, 4.69) is 27.7 Å². The minimum Gasteiger partial charge on any atom is -0.348 e. The van der Waals surface area contributed by atoms with Crippen molar-refractivity contribution in [3.05, 3.63) is 66.2 Å². The van der Waals surface area contributed by atoms with Gasteiger partial charge in [0.15, 0.2) is 0 Å². The first kappa shape index (κ1) is 16.8. The second-order valence-electron chi connectivity index (χ2n) is 5.83. The van der Waals surface area contributed by atoms with Crippen molar-refractivity contribution in [1.82, 2.24) is 25.5 Å². The molecule has 0 aliphatic rings. The minimum atomic E-state index is -0.126. The van der Waals surface area contributed by atoms with Crippen LogP contribution in [0.2, 0.25) is 0 Å². The Labute approximate surface area is 146 Å². The summed E-state index contributed by atoms with van der Waals surface area (Å²) in [5, 5.41) is 15.3. The lowest BCUT2D eigenvalue weighted by Gasteiger charge is -2.18. The Morgan fingerprint density at radius 1 is 1.08 bits per heavy atom. The highest BCUT2D eigenvalue weighted by molar-refractivity contribution is 5.76. The van der Waals surface area contributed by atoms with E-state index >= 15 is 0 Å². The Bertz CT molecular complexity index is 801. The Morgan fingerprint density at radius 2 is 1.76 bits per heavy atom. The molecular weight excluding hydrogens is 314 g/mol. The number of hydrogen-bond donors (Lipinski definition) is 1. The van der Waals surface area contributed by atoms with E-state index in [1.807, 2.05) is 60.7 Å². The number of hydrogen-bond acceptors (Lipinski definition) is 4. The summed E-state index contributed by atoms with van der Waals surface area (Å²) >= 11 is 0. The summed E-state index contributed by atoms with van der Waals surface area (Å²) in [7, 11) is 0. The second kappa shape index (κ2) is 8.19. The van der Waals surface area contributed by atoms with Gasteiger partial charge < -0.3 is 5.32 Å². The molecule has 25 heavy (non-hydrogen) atoms. The van der Waals surface area contributed by atoms with Crippen LogP contribution in [0.1, 0.15) is 31.4 Å². The van der Waals surface area contributed by atoms with Crippen molar-refractivity contribution >= 4 is 5.91 Å². The molecule has 0 saturated heterocycles. The average Bonchev–Trinajstić information content (AvgIpc) is 3.11. The topological polar surface area (TPSA) is 72.7 Å². The number of carbonyl (C=O) groups excluding carboxylic acids is 1. The van der Waals surface area contributed by atoms with Crippen molar-refractivity contribution in [2.45, 2.75) is 32.4 Å². The van der Waals surface area contributed by atoms with Gasteiger partial charge in [-0.05, 0) is 17.2 Å². The summed E-state index contributed by atoms with van der Waals surface area (Å²) in [4.78, 5) is 13.7. The van der Waals surface area contributed by atoms with Crippen molar-refractivity contribution < 1.29 is 4.79 Å². The van der Waals surface area contributed by atoms with Crippen molar-refractivity contribution in [2.24, 2.45) is 0 Å². The molecule has 1 unspecified atom stereocenters. The van der Waals surface area contributed by atoms with Crippen LogP contribution >= 0.6 is 0 Å². The molecule has 1 N–H and O–H groups in total. The largest absolute Gasteiger partial charge is 0.348 e. The highest BCUT2D eigenvalue weighted by Crippen LogP contribution is 2.18. The number of nitrogens with zero attached hydrogens (tertiary/aromatic N) is 4. The molecule has 128 valence electrons. The second-order valence-corrected chi connectivity index (χ2v) is 5.83. The van der Waals surface area contributed by atoms with E-state index < -0.39 is 0 Å². The van der Waals surface area contributed by atoms with E-state index in [0.717, 1.165) is 24.0 Å². The van der Waals surface area contributed by atoms with Crippen LogP contribution < -0.4 is 5.32 Å². The third-order valence-corrected chi connectivity index (χ3v) is 3.88. The van der Waals surface area contributed by atoms with E-state index in [0.29, 0.717) is 5.82 Å². The molecule has 6 heteroatoms. The number of rotatable bonds is 7. The average molecular weight is 335 g/mol. The van der Waals surface area contributed by atoms with Gasteiger partial charge in [0.05, 0.1) is 6.04 Å². The summed E-state index contributed by atoms with van der Waals surface area (Å²) in [6.07, 6.45) is 1.87. The number of tetrazole rings is 1. The van der Waals surface area contributed by atoms with Crippen molar-refractivity contribution in [1.29, 1.82) is 0 Å². The van der Waals surface area contributed by atoms with Crippen molar-refractivity contribution in [3.8, 4) is 11.4 Å². The van der Waals surface area contributed by atoms with E-state index in [9.17, 15) is 4.79 Å². The molecule has 0 fully saturated rings. The van der Waals surface area contributed by atoms with Gasteiger partial charge in [-0.15, -0.1) is 10.2 Å². The fourth-order valence-corrected chi connectivity index (χ4v) is 2.68. The maximum atomic E-state index is 12.4. The molecule has 3 aromatic rings. The summed E-state index contributed by atoms with van der Waals surface area (Å²) in [5.74, 6) is 0.390. The third-order valence-electron chi connectivity index (χ3n) is 3.88. The van der Waals surface area contributed by atoms with Gasteiger partial charge in [0.2, 0.25) is 11.7 Å². The molecule has 3 rings (SSSR count). The Morgan fingerprint density at radius 3 is 2.44 bits per heavy atom. The molecule has 0 radical (unpaired) electrons. The molecule has 1 amide bonds. The van der Waals surface area contributed by atoms with E-state index in [1.54, 1.807) is 0 Å². The molecule has 0 aliphatic heterocycles. The van der Waals surface area contributed by atoms with Gasteiger partial charge >= 0.3 is 0 Å². The van der Waals surface area contributed by atoms with Crippen molar-refractivity contribution in [2.75, 3.05) is 0 Å². The van der Waals surface area contributed by atoms with Gasteiger partial charge in [0.25, 0.3) is 0 Å². The SMILES string of the molecule is CCCC(NC(=O)Cn1nnc(-c2ccccc2)n1)c1ccccc1. The number of benzene rings is 2. The van der Waals surface area contributed by atoms with Crippen LogP contribution in [-0.4, -0.2) is 26.1 Å². The van der Waals surface area contributed by atoms with Crippen LogP contribution in [0.5, 0.6) is 0 Å². The molecule has 0 spiro atoms. The lowest BCUT2D eigenvalue weighted by Crippen LogP contribution is -2.32. The Hall–Kier alpha value is -3.02. The smallest absolute Gasteiger partial charge is 0.244 e. The standard InChI is InChI=1S/C19H21N5O/c1-2-9-17(15-10-5-3-6-11-15)20-18(25)14-24-22-19(21-23-24)16-12-7-4-8-13-16/h3-8,10-13,17H,2,9,14H2,1H3,(H,20,25). The molecule has 2 aromatic carbocycles. The minimum absolute atomic E-state index is 0.00387. The zero-order chi connectivity index (χ0) is 17.5. The van der Waals surface area contributed by atoms with Gasteiger partial charge in [0, 0.05) is 5.56 Å². The molecule has 1 heterocycles. The van der Waals surface area contributed by atoms with Crippen LogP contribution in [0.25, 0.3) is 11.4 Å².